The van der Waals surface area contributed by atoms with Gasteiger partial charge in [-0.1, -0.05) is 42.5 Å². The van der Waals surface area contributed by atoms with Gasteiger partial charge < -0.3 is 9.84 Å². The van der Waals surface area contributed by atoms with Gasteiger partial charge in [0.1, 0.15) is 17.1 Å². The number of carbonyl (C=O) groups is 1. The van der Waals surface area contributed by atoms with Gasteiger partial charge in [-0.3, -0.25) is 0 Å². The minimum atomic E-state index is -0.995. The zero-order valence-electron chi connectivity index (χ0n) is 11.5. The quantitative estimate of drug-likeness (QED) is 0.759. The molecule has 0 radical (unpaired) electrons. The number of rotatable bonds is 3. The molecule has 104 valence electrons. The molecule has 0 amide bonds. The number of hydrogen-bond donors (Lipinski definition) is 1. The van der Waals surface area contributed by atoms with Crippen LogP contribution in [-0.4, -0.2) is 11.1 Å². The first-order chi connectivity index (χ1) is 10.1. The van der Waals surface area contributed by atoms with Gasteiger partial charge in [0.2, 0.25) is 0 Å². The van der Waals surface area contributed by atoms with Crippen molar-refractivity contribution < 1.29 is 14.6 Å². The van der Waals surface area contributed by atoms with Crippen LogP contribution >= 0.6 is 0 Å². The summed E-state index contributed by atoms with van der Waals surface area (Å²) in [5.74, 6) is 0.0188. The lowest BCUT2D eigenvalue weighted by Crippen LogP contribution is -2.00. The highest BCUT2D eigenvalue weighted by atomic mass is 16.5. The second kappa shape index (κ2) is 5.29. The van der Waals surface area contributed by atoms with Gasteiger partial charge in [0.25, 0.3) is 0 Å². The van der Waals surface area contributed by atoms with Crippen LogP contribution in [0, 0.1) is 6.92 Å². The molecule has 3 aromatic rings. The van der Waals surface area contributed by atoms with E-state index in [-0.39, 0.29) is 5.56 Å². The Morgan fingerprint density at radius 1 is 0.952 bits per heavy atom. The molecule has 0 aliphatic rings. The van der Waals surface area contributed by atoms with E-state index < -0.39 is 5.97 Å². The highest BCUT2D eigenvalue weighted by Gasteiger charge is 2.13. The monoisotopic (exact) mass is 278 g/mol. The van der Waals surface area contributed by atoms with Crippen LogP contribution < -0.4 is 4.74 Å². The molecule has 0 heterocycles. The van der Waals surface area contributed by atoms with E-state index in [1.54, 1.807) is 18.2 Å². The Labute approximate surface area is 122 Å². The summed E-state index contributed by atoms with van der Waals surface area (Å²) >= 11 is 0. The van der Waals surface area contributed by atoms with E-state index in [4.69, 9.17) is 4.74 Å². The SMILES string of the molecule is Cc1ccc(C(=O)O)c(Oc2cccc3ccccc23)c1. The van der Waals surface area contributed by atoms with Crippen molar-refractivity contribution in [3.63, 3.8) is 0 Å². The molecular formula is C18H14O3. The summed E-state index contributed by atoms with van der Waals surface area (Å²) in [5, 5.41) is 11.3. The topological polar surface area (TPSA) is 46.5 Å². The van der Waals surface area contributed by atoms with Crippen molar-refractivity contribution in [2.75, 3.05) is 0 Å². The van der Waals surface area contributed by atoms with Gasteiger partial charge in [0.05, 0.1) is 0 Å². The molecule has 0 saturated carbocycles. The van der Waals surface area contributed by atoms with Gasteiger partial charge in [-0.25, -0.2) is 4.79 Å². The Morgan fingerprint density at radius 3 is 2.52 bits per heavy atom. The zero-order chi connectivity index (χ0) is 14.8. The number of fused-ring (bicyclic) bond motifs is 1. The van der Waals surface area contributed by atoms with E-state index in [0.29, 0.717) is 11.5 Å². The first kappa shape index (κ1) is 13.2. The molecule has 0 saturated heterocycles. The molecule has 3 heteroatoms. The van der Waals surface area contributed by atoms with Gasteiger partial charge in [0, 0.05) is 5.39 Å². The lowest BCUT2D eigenvalue weighted by atomic mass is 10.1. The number of aryl methyl sites for hydroxylation is 1. The largest absolute Gasteiger partial charge is 0.478 e. The Hall–Kier alpha value is -2.81. The van der Waals surface area contributed by atoms with Crippen molar-refractivity contribution in [2.45, 2.75) is 6.92 Å². The van der Waals surface area contributed by atoms with Crippen molar-refractivity contribution in [2.24, 2.45) is 0 Å². The summed E-state index contributed by atoms with van der Waals surface area (Å²) in [6.07, 6.45) is 0. The Balaban J connectivity index is 2.11. The molecule has 0 bridgehead atoms. The van der Waals surface area contributed by atoms with Crippen molar-refractivity contribution in [1.82, 2.24) is 0 Å². The second-order valence-corrected chi connectivity index (χ2v) is 4.88. The Morgan fingerprint density at radius 2 is 1.71 bits per heavy atom. The van der Waals surface area contributed by atoms with Crippen LogP contribution in [0.2, 0.25) is 0 Å². The molecule has 0 aliphatic carbocycles. The number of hydrogen-bond acceptors (Lipinski definition) is 2. The van der Waals surface area contributed by atoms with Crippen LogP contribution in [-0.2, 0) is 0 Å². The van der Waals surface area contributed by atoms with Crippen molar-refractivity contribution >= 4 is 16.7 Å². The van der Waals surface area contributed by atoms with E-state index in [0.717, 1.165) is 16.3 Å². The molecule has 1 N–H and O–H groups in total. The summed E-state index contributed by atoms with van der Waals surface area (Å²) < 4.78 is 5.88. The third kappa shape index (κ3) is 2.58. The van der Waals surface area contributed by atoms with Gasteiger partial charge in [-0.15, -0.1) is 0 Å². The zero-order valence-corrected chi connectivity index (χ0v) is 11.5. The highest BCUT2D eigenvalue weighted by molar-refractivity contribution is 5.92. The molecule has 0 spiro atoms. The molecule has 0 atom stereocenters. The van der Waals surface area contributed by atoms with E-state index in [1.807, 2.05) is 49.4 Å². The molecule has 0 aromatic heterocycles. The molecule has 21 heavy (non-hydrogen) atoms. The first-order valence-corrected chi connectivity index (χ1v) is 6.65. The fourth-order valence-corrected chi connectivity index (χ4v) is 2.29. The van der Waals surface area contributed by atoms with E-state index >= 15 is 0 Å². The number of aromatic carboxylic acids is 1. The third-order valence-electron chi connectivity index (χ3n) is 3.34. The van der Waals surface area contributed by atoms with Gasteiger partial charge >= 0.3 is 5.97 Å². The molecule has 3 aromatic carbocycles. The summed E-state index contributed by atoms with van der Waals surface area (Å²) in [5.41, 5.74) is 1.11. The maximum Gasteiger partial charge on any atom is 0.339 e. The van der Waals surface area contributed by atoms with Crippen LogP contribution in [0.25, 0.3) is 10.8 Å². The molecule has 0 fully saturated rings. The van der Waals surface area contributed by atoms with Crippen LogP contribution in [0.4, 0.5) is 0 Å². The summed E-state index contributed by atoms with van der Waals surface area (Å²) in [4.78, 5) is 11.3. The fourth-order valence-electron chi connectivity index (χ4n) is 2.29. The second-order valence-electron chi connectivity index (χ2n) is 4.88. The van der Waals surface area contributed by atoms with Crippen molar-refractivity contribution in [3.8, 4) is 11.5 Å². The van der Waals surface area contributed by atoms with Crippen LogP contribution in [0.15, 0.2) is 60.7 Å². The van der Waals surface area contributed by atoms with Gasteiger partial charge in [-0.2, -0.15) is 0 Å². The summed E-state index contributed by atoms with van der Waals surface area (Å²) in [6, 6.07) is 18.7. The highest BCUT2D eigenvalue weighted by Crippen LogP contribution is 2.32. The maximum atomic E-state index is 11.3. The van der Waals surface area contributed by atoms with Crippen molar-refractivity contribution in [1.29, 1.82) is 0 Å². The molecule has 3 nitrogen and oxygen atoms in total. The third-order valence-corrected chi connectivity index (χ3v) is 3.34. The lowest BCUT2D eigenvalue weighted by molar-refractivity contribution is 0.0694. The summed E-state index contributed by atoms with van der Waals surface area (Å²) in [6.45, 7) is 1.90. The first-order valence-electron chi connectivity index (χ1n) is 6.65. The fraction of sp³-hybridized carbons (Fsp3) is 0.0556. The predicted molar refractivity (Wildman–Crippen MR) is 82.2 cm³/mol. The van der Waals surface area contributed by atoms with Crippen LogP contribution in [0.3, 0.4) is 0 Å². The minimum absolute atomic E-state index is 0.161. The number of carboxylic acid groups (broad SMARTS) is 1. The lowest BCUT2D eigenvalue weighted by Gasteiger charge is -2.11. The van der Waals surface area contributed by atoms with Gasteiger partial charge in [-0.05, 0) is 36.1 Å². The molecule has 0 aliphatic heterocycles. The van der Waals surface area contributed by atoms with E-state index in [9.17, 15) is 9.90 Å². The molecule has 0 unspecified atom stereocenters. The van der Waals surface area contributed by atoms with Crippen LogP contribution in [0.5, 0.6) is 11.5 Å². The van der Waals surface area contributed by atoms with Crippen LogP contribution in [0.1, 0.15) is 15.9 Å². The summed E-state index contributed by atoms with van der Waals surface area (Å²) in [7, 11) is 0. The Kier molecular flexibility index (Phi) is 3.32. The normalized spacial score (nSPS) is 10.5. The maximum absolute atomic E-state index is 11.3. The smallest absolute Gasteiger partial charge is 0.339 e. The Bertz CT molecular complexity index is 816. The minimum Gasteiger partial charge on any atom is -0.478 e. The average Bonchev–Trinajstić information content (AvgIpc) is 2.47. The molecule has 3 rings (SSSR count). The number of carboxylic acids is 1. The van der Waals surface area contributed by atoms with Gasteiger partial charge in [0.15, 0.2) is 0 Å². The van der Waals surface area contributed by atoms with Crippen molar-refractivity contribution in [3.05, 3.63) is 71.8 Å². The number of benzene rings is 3. The average molecular weight is 278 g/mol. The number of ether oxygens (including phenoxy) is 1. The van der Waals surface area contributed by atoms with E-state index in [1.165, 1.54) is 0 Å². The standard InChI is InChI=1S/C18H14O3/c1-12-9-10-15(18(19)20)17(11-12)21-16-8-4-6-13-5-2-3-7-14(13)16/h2-11H,1H3,(H,19,20). The van der Waals surface area contributed by atoms with E-state index in [2.05, 4.69) is 0 Å². The molecular weight excluding hydrogens is 264 g/mol. The predicted octanol–water partition coefficient (Wildman–Crippen LogP) is 4.64.